The van der Waals surface area contributed by atoms with Crippen LogP contribution >= 0.6 is 11.3 Å². The molecule has 0 spiro atoms. The van der Waals surface area contributed by atoms with Crippen LogP contribution in [0.15, 0.2) is 35.6 Å². The molecule has 8 heteroatoms. The smallest absolute Gasteiger partial charge is 0.261 e. The highest BCUT2D eigenvalue weighted by Crippen LogP contribution is 2.45. The fraction of sp³-hybridized carbons (Fsp3) is 0.480. The van der Waals surface area contributed by atoms with E-state index < -0.39 is 0 Å². The fourth-order valence-corrected chi connectivity index (χ4v) is 7.10. The van der Waals surface area contributed by atoms with Crippen LogP contribution < -0.4 is 10.5 Å². The van der Waals surface area contributed by atoms with E-state index in [4.69, 9.17) is 4.98 Å². The SMILES string of the molecule is C[C@H]1C[C@@H](CO)CN1c1sc(-c2ccc3c(c2)ncn3C2CCCCC2)c2nc[nH]c(=O)c12. The third kappa shape index (κ3) is 3.47. The zero-order valence-electron chi connectivity index (χ0n) is 18.8. The van der Waals surface area contributed by atoms with E-state index in [0.29, 0.717) is 11.4 Å². The quantitative estimate of drug-likeness (QED) is 0.458. The molecule has 1 saturated heterocycles. The van der Waals surface area contributed by atoms with E-state index in [1.165, 1.54) is 43.9 Å². The summed E-state index contributed by atoms with van der Waals surface area (Å²) in [4.78, 5) is 28.2. The summed E-state index contributed by atoms with van der Waals surface area (Å²) in [5.41, 5.74) is 3.84. The molecule has 2 atom stereocenters. The number of nitrogens with one attached hydrogen (secondary N) is 1. The van der Waals surface area contributed by atoms with Gasteiger partial charge in [-0.05, 0) is 43.9 Å². The molecule has 1 saturated carbocycles. The topological polar surface area (TPSA) is 87.0 Å². The molecular weight excluding hydrogens is 434 g/mol. The number of aromatic nitrogens is 4. The lowest BCUT2D eigenvalue weighted by molar-refractivity contribution is 0.237. The monoisotopic (exact) mass is 463 g/mol. The summed E-state index contributed by atoms with van der Waals surface area (Å²) >= 11 is 1.62. The first-order chi connectivity index (χ1) is 16.1. The summed E-state index contributed by atoms with van der Waals surface area (Å²) in [6, 6.07) is 7.26. The second-order valence-electron chi connectivity index (χ2n) is 9.62. The third-order valence-electron chi connectivity index (χ3n) is 7.47. The lowest BCUT2D eigenvalue weighted by atomic mass is 9.95. The Morgan fingerprint density at radius 1 is 1.21 bits per heavy atom. The Kier molecular flexibility index (Phi) is 5.22. The average molecular weight is 464 g/mol. The second-order valence-corrected chi connectivity index (χ2v) is 10.6. The van der Waals surface area contributed by atoms with Gasteiger partial charge in [0.25, 0.3) is 5.56 Å². The minimum atomic E-state index is -0.111. The van der Waals surface area contributed by atoms with E-state index in [1.807, 2.05) is 6.33 Å². The second kappa shape index (κ2) is 8.25. The first kappa shape index (κ1) is 20.9. The fourth-order valence-electron chi connectivity index (χ4n) is 5.75. The van der Waals surface area contributed by atoms with Crippen molar-refractivity contribution in [1.82, 2.24) is 19.5 Å². The van der Waals surface area contributed by atoms with E-state index in [-0.39, 0.29) is 24.1 Å². The number of nitrogens with zero attached hydrogens (tertiary/aromatic N) is 4. The molecule has 4 aromatic rings. The molecule has 1 aromatic carbocycles. The highest BCUT2D eigenvalue weighted by atomic mass is 32.1. The van der Waals surface area contributed by atoms with Gasteiger partial charge in [-0.15, -0.1) is 11.3 Å². The van der Waals surface area contributed by atoms with Gasteiger partial charge in [0, 0.05) is 31.2 Å². The van der Waals surface area contributed by atoms with E-state index in [2.05, 4.69) is 44.6 Å². The maximum absolute atomic E-state index is 12.9. The molecule has 6 rings (SSSR count). The van der Waals surface area contributed by atoms with Gasteiger partial charge in [0.2, 0.25) is 0 Å². The van der Waals surface area contributed by atoms with Gasteiger partial charge in [-0.1, -0.05) is 25.3 Å². The van der Waals surface area contributed by atoms with Crippen molar-refractivity contribution in [1.29, 1.82) is 0 Å². The first-order valence-corrected chi connectivity index (χ1v) is 12.8. The molecule has 1 aliphatic carbocycles. The number of H-pyrrole nitrogens is 1. The Balaban J connectivity index is 1.45. The van der Waals surface area contributed by atoms with Crippen LogP contribution in [0.2, 0.25) is 0 Å². The van der Waals surface area contributed by atoms with Crippen molar-refractivity contribution >= 4 is 38.3 Å². The number of hydrogen-bond donors (Lipinski definition) is 2. The number of benzene rings is 1. The number of imidazole rings is 1. The molecule has 0 unspecified atom stereocenters. The number of aliphatic hydroxyl groups is 1. The number of anilines is 1. The van der Waals surface area contributed by atoms with Crippen molar-refractivity contribution in [3.05, 3.63) is 41.2 Å². The summed E-state index contributed by atoms with van der Waals surface area (Å²) in [6.45, 7) is 3.09. The van der Waals surface area contributed by atoms with Crippen LogP contribution in [0.3, 0.4) is 0 Å². The molecule has 2 fully saturated rings. The maximum atomic E-state index is 12.9. The van der Waals surface area contributed by atoms with E-state index in [0.717, 1.165) is 39.4 Å². The molecule has 2 aliphatic rings. The van der Waals surface area contributed by atoms with Crippen LogP contribution in [0.1, 0.15) is 51.5 Å². The van der Waals surface area contributed by atoms with Crippen LogP contribution in [0, 0.1) is 5.92 Å². The molecule has 7 nitrogen and oxygen atoms in total. The number of fused-ring (bicyclic) bond motifs is 2. The van der Waals surface area contributed by atoms with E-state index in [1.54, 1.807) is 11.3 Å². The summed E-state index contributed by atoms with van der Waals surface area (Å²) in [5, 5.41) is 11.3. The molecule has 0 radical (unpaired) electrons. The summed E-state index contributed by atoms with van der Waals surface area (Å²) in [5.74, 6) is 0.233. The minimum Gasteiger partial charge on any atom is -0.396 e. The number of aromatic amines is 1. The maximum Gasteiger partial charge on any atom is 0.261 e. The Hall–Kier alpha value is -2.71. The molecule has 0 amide bonds. The molecule has 33 heavy (non-hydrogen) atoms. The normalized spacial score (nSPS) is 22.1. The number of aliphatic hydroxyl groups excluding tert-OH is 1. The van der Waals surface area contributed by atoms with Gasteiger partial charge in [-0.3, -0.25) is 4.79 Å². The number of rotatable bonds is 4. The molecule has 2 N–H and O–H groups in total. The van der Waals surface area contributed by atoms with Crippen molar-refractivity contribution < 1.29 is 5.11 Å². The lowest BCUT2D eigenvalue weighted by Gasteiger charge is -2.23. The number of hydrogen-bond acceptors (Lipinski definition) is 6. The van der Waals surface area contributed by atoms with E-state index in [9.17, 15) is 9.90 Å². The van der Waals surface area contributed by atoms with Crippen LogP contribution in [0.25, 0.3) is 32.4 Å². The van der Waals surface area contributed by atoms with Gasteiger partial charge in [0.15, 0.2) is 0 Å². The highest BCUT2D eigenvalue weighted by molar-refractivity contribution is 7.21. The van der Waals surface area contributed by atoms with Gasteiger partial charge >= 0.3 is 0 Å². The molecule has 3 aromatic heterocycles. The average Bonchev–Trinajstić information content (AvgIpc) is 3.54. The Bertz CT molecular complexity index is 1370. The Labute approximate surface area is 196 Å². The number of thiophene rings is 1. The lowest BCUT2D eigenvalue weighted by Crippen LogP contribution is -2.27. The van der Waals surface area contributed by atoms with Crippen molar-refractivity contribution in [2.75, 3.05) is 18.1 Å². The predicted octanol–water partition coefficient (Wildman–Crippen LogP) is 4.71. The summed E-state index contributed by atoms with van der Waals surface area (Å²) in [6.07, 6.45) is 10.8. The van der Waals surface area contributed by atoms with Crippen LogP contribution in [-0.4, -0.2) is 43.8 Å². The van der Waals surface area contributed by atoms with Crippen molar-refractivity contribution in [2.45, 2.75) is 57.5 Å². The molecule has 1 aliphatic heterocycles. The Morgan fingerprint density at radius 2 is 2.06 bits per heavy atom. The van der Waals surface area contributed by atoms with Gasteiger partial charge in [0.05, 0.1) is 34.1 Å². The predicted molar refractivity (Wildman–Crippen MR) is 133 cm³/mol. The van der Waals surface area contributed by atoms with E-state index >= 15 is 0 Å². The van der Waals surface area contributed by atoms with Crippen molar-refractivity contribution in [2.24, 2.45) is 5.92 Å². The first-order valence-electron chi connectivity index (χ1n) is 12.0. The van der Waals surface area contributed by atoms with Gasteiger partial charge in [-0.25, -0.2) is 9.97 Å². The Morgan fingerprint density at radius 3 is 2.85 bits per heavy atom. The van der Waals surface area contributed by atoms with Crippen LogP contribution in [-0.2, 0) is 0 Å². The zero-order valence-corrected chi connectivity index (χ0v) is 19.6. The van der Waals surface area contributed by atoms with Crippen LogP contribution in [0.5, 0.6) is 0 Å². The van der Waals surface area contributed by atoms with Gasteiger partial charge in [0.1, 0.15) is 10.4 Å². The van der Waals surface area contributed by atoms with Crippen molar-refractivity contribution in [3.8, 4) is 10.4 Å². The highest BCUT2D eigenvalue weighted by Gasteiger charge is 2.32. The largest absolute Gasteiger partial charge is 0.396 e. The van der Waals surface area contributed by atoms with Crippen molar-refractivity contribution in [3.63, 3.8) is 0 Å². The zero-order chi connectivity index (χ0) is 22.5. The summed E-state index contributed by atoms with van der Waals surface area (Å²) in [7, 11) is 0. The molecule has 172 valence electrons. The standard InChI is InChI=1S/C25H29N5O2S/c1-15-9-16(12-31)11-29(15)25-21-22(26-13-27-24(21)32)23(33-25)17-7-8-20-19(10-17)28-14-30(20)18-5-3-2-4-6-18/h7-8,10,13-16,18,31H,2-6,9,11-12H2,1H3,(H,26,27,32)/t15-,16+/m0/s1. The van der Waals surface area contributed by atoms with Gasteiger partial charge in [-0.2, -0.15) is 0 Å². The molecular formula is C25H29N5O2S. The molecule has 0 bridgehead atoms. The third-order valence-corrected chi connectivity index (χ3v) is 8.73. The van der Waals surface area contributed by atoms with Crippen LogP contribution in [0.4, 0.5) is 5.00 Å². The van der Waals surface area contributed by atoms with Gasteiger partial charge < -0.3 is 19.6 Å². The summed E-state index contributed by atoms with van der Waals surface area (Å²) < 4.78 is 2.35. The minimum absolute atomic E-state index is 0.111. The molecule has 4 heterocycles.